The Morgan fingerprint density at radius 3 is 2.90 bits per heavy atom. The van der Waals surface area contributed by atoms with E-state index in [-0.39, 0.29) is 17.9 Å². The van der Waals surface area contributed by atoms with Crippen molar-refractivity contribution in [3.05, 3.63) is 28.5 Å². The average Bonchev–Trinajstić information content (AvgIpc) is 2.85. The highest BCUT2D eigenvalue weighted by Crippen LogP contribution is 2.30. The van der Waals surface area contributed by atoms with Crippen molar-refractivity contribution in [1.29, 1.82) is 0 Å². The molecule has 2 unspecified atom stereocenters. The first-order valence-electron chi connectivity index (χ1n) is 7.61. The van der Waals surface area contributed by atoms with Crippen LogP contribution < -0.4 is 5.32 Å². The van der Waals surface area contributed by atoms with Crippen LogP contribution in [0, 0.1) is 0 Å². The molecule has 1 heterocycles. The lowest BCUT2D eigenvalue weighted by atomic mass is 10.1. The van der Waals surface area contributed by atoms with Crippen LogP contribution in [0.5, 0.6) is 0 Å². The lowest BCUT2D eigenvalue weighted by molar-refractivity contribution is 0.0938. The van der Waals surface area contributed by atoms with Crippen LogP contribution in [0.25, 0.3) is 0 Å². The summed E-state index contributed by atoms with van der Waals surface area (Å²) in [4.78, 5) is 16.7. The molecule has 1 aromatic rings. The number of pyridine rings is 1. The van der Waals surface area contributed by atoms with Gasteiger partial charge in [0.05, 0.1) is 0 Å². The highest BCUT2D eigenvalue weighted by Gasteiger charge is 2.28. The normalized spacial score (nSPS) is 21.8. The molecule has 1 fully saturated rings. The van der Waals surface area contributed by atoms with Crippen LogP contribution in [-0.2, 0) is 0 Å². The number of carbonyl (C=O) groups is 1. The van der Waals surface area contributed by atoms with Gasteiger partial charge in [-0.1, -0.05) is 38.8 Å². The van der Waals surface area contributed by atoms with Crippen molar-refractivity contribution in [3.63, 3.8) is 0 Å². The predicted octanol–water partition coefficient (Wildman–Crippen LogP) is 4.26. The van der Waals surface area contributed by atoms with E-state index in [0.29, 0.717) is 16.0 Å². The monoisotopic (exact) mass is 326 g/mol. The van der Waals surface area contributed by atoms with Gasteiger partial charge in [-0.3, -0.25) is 4.79 Å². The summed E-state index contributed by atoms with van der Waals surface area (Å²) in [5, 5.41) is 4.11. The number of aromatic nitrogens is 1. The molecule has 1 N–H and O–H groups in total. The van der Waals surface area contributed by atoms with Crippen molar-refractivity contribution < 1.29 is 4.79 Å². The maximum absolute atomic E-state index is 12.5. The molecule has 0 saturated heterocycles. The van der Waals surface area contributed by atoms with Gasteiger partial charge in [-0.15, -0.1) is 0 Å². The van der Waals surface area contributed by atoms with E-state index in [1.807, 2.05) is 31.7 Å². The van der Waals surface area contributed by atoms with Gasteiger partial charge >= 0.3 is 0 Å². The van der Waals surface area contributed by atoms with Crippen molar-refractivity contribution in [2.24, 2.45) is 0 Å². The molecule has 2 atom stereocenters. The summed E-state index contributed by atoms with van der Waals surface area (Å²) in [6, 6.07) is 3.78. The molecule has 21 heavy (non-hydrogen) atoms. The standard InChI is InChI=1S/C16H23ClN2OS/c1-4-21-14-7-5-6-12(14)19-16(20)11-8-13(10(2)3)18-15(17)9-11/h8-10,12,14H,4-7H2,1-3H3,(H,19,20). The minimum Gasteiger partial charge on any atom is -0.348 e. The first-order chi connectivity index (χ1) is 10.0. The highest BCUT2D eigenvalue weighted by atomic mass is 35.5. The minimum atomic E-state index is -0.0326. The van der Waals surface area contributed by atoms with Crippen molar-refractivity contribution in [1.82, 2.24) is 10.3 Å². The largest absolute Gasteiger partial charge is 0.348 e. The zero-order valence-corrected chi connectivity index (χ0v) is 14.4. The van der Waals surface area contributed by atoms with Crippen molar-refractivity contribution >= 4 is 29.3 Å². The number of hydrogen-bond acceptors (Lipinski definition) is 3. The van der Waals surface area contributed by atoms with E-state index in [9.17, 15) is 4.79 Å². The Kier molecular flexibility index (Phi) is 5.94. The third-order valence-electron chi connectivity index (χ3n) is 3.82. The highest BCUT2D eigenvalue weighted by molar-refractivity contribution is 7.99. The molecule has 0 bridgehead atoms. The van der Waals surface area contributed by atoms with Gasteiger partial charge in [0.2, 0.25) is 0 Å². The summed E-state index contributed by atoms with van der Waals surface area (Å²) in [7, 11) is 0. The van der Waals surface area contributed by atoms with Crippen LogP contribution in [0.1, 0.15) is 62.0 Å². The number of amides is 1. The summed E-state index contributed by atoms with van der Waals surface area (Å²) in [6.45, 7) is 6.26. The molecule has 0 spiro atoms. The van der Waals surface area contributed by atoms with Gasteiger partial charge in [0.15, 0.2) is 0 Å². The number of carbonyl (C=O) groups excluding carboxylic acids is 1. The first-order valence-corrected chi connectivity index (χ1v) is 9.04. The zero-order chi connectivity index (χ0) is 15.4. The Morgan fingerprint density at radius 1 is 1.48 bits per heavy atom. The van der Waals surface area contributed by atoms with Crippen LogP contribution in [0.15, 0.2) is 12.1 Å². The van der Waals surface area contributed by atoms with Gasteiger partial charge in [0.1, 0.15) is 5.15 Å². The number of hydrogen-bond donors (Lipinski definition) is 1. The van der Waals surface area contributed by atoms with Crippen LogP contribution in [-0.4, -0.2) is 27.9 Å². The summed E-state index contributed by atoms with van der Waals surface area (Å²) < 4.78 is 0. The fourth-order valence-electron chi connectivity index (χ4n) is 2.70. The van der Waals surface area contributed by atoms with E-state index in [4.69, 9.17) is 11.6 Å². The van der Waals surface area contributed by atoms with E-state index in [2.05, 4.69) is 17.2 Å². The minimum absolute atomic E-state index is 0.0326. The molecule has 1 amide bonds. The number of halogens is 1. The Hall–Kier alpha value is -0.740. The van der Waals surface area contributed by atoms with Gasteiger partial charge in [-0.05, 0) is 36.6 Å². The summed E-state index contributed by atoms with van der Waals surface area (Å²) in [5.41, 5.74) is 1.48. The van der Waals surface area contributed by atoms with Gasteiger partial charge in [-0.25, -0.2) is 4.98 Å². The van der Waals surface area contributed by atoms with E-state index < -0.39 is 0 Å². The number of rotatable bonds is 5. The van der Waals surface area contributed by atoms with Crippen molar-refractivity contribution in [3.8, 4) is 0 Å². The molecule has 3 nitrogen and oxygen atoms in total. The maximum atomic E-state index is 12.5. The number of thioether (sulfide) groups is 1. The van der Waals surface area contributed by atoms with Crippen LogP contribution in [0.2, 0.25) is 5.15 Å². The molecule has 2 rings (SSSR count). The van der Waals surface area contributed by atoms with E-state index in [1.165, 1.54) is 12.8 Å². The quantitative estimate of drug-likeness (QED) is 0.822. The molecular formula is C16H23ClN2OS. The molecule has 1 aliphatic carbocycles. The van der Waals surface area contributed by atoms with Crippen LogP contribution in [0.3, 0.4) is 0 Å². The van der Waals surface area contributed by atoms with Gasteiger partial charge in [-0.2, -0.15) is 11.8 Å². The second-order valence-electron chi connectivity index (χ2n) is 5.76. The van der Waals surface area contributed by atoms with E-state index in [0.717, 1.165) is 17.9 Å². The molecule has 116 valence electrons. The fraction of sp³-hybridized carbons (Fsp3) is 0.625. The second kappa shape index (κ2) is 7.50. The van der Waals surface area contributed by atoms with Gasteiger partial charge in [0.25, 0.3) is 5.91 Å². The Morgan fingerprint density at radius 2 is 2.24 bits per heavy atom. The third kappa shape index (κ3) is 4.36. The maximum Gasteiger partial charge on any atom is 0.251 e. The Labute approximate surface area is 136 Å². The lowest BCUT2D eigenvalue weighted by Crippen LogP contribution is -2.38. The zero-order valence-electron chi connectivity index (χ0n) is 12.9. The third-order valence-corrected chi connectivity index (χ3v) is 5.34. The smallest absolute Gasteiger partial charge is 0.251 e. The summed E-state index contributed by atoms with van der Waals surface area (Å²) in [5.74, 6) is 1.32. The molecule has 1 aliphatic rings. The molecule has 5 heteroatoms. The second-order valence-corrected chi connectivity index (χ2v) is 7.67. The Balaban J connectivity index is 2.09. The fourth-order valence-corrected chi connectivity index (χ4v) is 4.11. The molecule has 0 aromatic carbocycles. The molecule has 1 aromatic heterocycles. The topological polar surface area (TPSA) is 42.0 Å². The van der Waals surface area contributed by atoms with E-state index in [1.54, 1.807) is 6.07 Å². The van der Waals surface area contributed by atoms with E-state index >= 15 is 0 Å². The summed E-state index contributed by atoms with van der Waals surface area (Å²) in [6.07, 6.45) is 3.45. The number of nitrogens with one attached hydrogen (secondary N) is 1. The molecule has 0 radical (unpaired) electrons. The molecule has 0 aliphatic heterocycles. The average molecular weight is 327 g/mol. The van der Waals surface area contributed by atoms with Crippen molar-refractivity contribution in [2.45, 2.75) is 57.2 Å². The number of nitrogens with zero attached hydrogens (tertiary/aromatic N) is 1. The SMILES string of the molecule is CCSC1CCCC1NC(=O)c1cc(Cl)nc(C(C)C)c1. The van der Waals surface area contributed by atoms with Crippen LogP contribution >= 0.6 is 23.4 Å². The van der Waals surface area contributed by atoms with Gasteiger partial charge in [0, 0.05) is 22.5 Å². The van der Waals surface area contributed by atoms with Crippen molar-refractivity contribution in [2.75, 3.05) is 5.75 Å². The lowest BCUT2D eigenvalue weighted by Gasteiger charge is -2.20. The first kappa shape index (κ1) is 16.6. The predicted molar refractivity (Wildman–Crippen MR) is 90.4 cm³/mol. The Bertz CT molecular complexity index is 507. The molecule has 1 saturated carbocycles. The summed E-state index contributed by atoms with van der Waals surface area (Å²) >= 11 is 7.98. The van der Waals surface area contributed by atoms with Gasteiger partial charge < -0.3 is 5.32 Å². The van der Waals surface area contributed by atoms with Crippen LogP contribution in [0.4, 0.5) is 0 Å². The molecular weight excluding hydrogens is 304 g/mol.